The quantitative estimate of drug-likeness (QED) is 0.420. The van der Waals surface area contributed by atoms with E-state index < -0.39 is 30.5 Å². The Balaban J connectivity index is 0.978. The van der Waals surface area contributed by atoms with Gasteiger partial charge in [0, 0.05) is 68.4 Å². The number of rotatable bonds is 6. The number of hydrogen-bond acceptors (Lipinski definition) is 6. The van der Waals surface area contributed by atoms with Crippen molar-refractivity contribution in [1.82, 2.24) is 24.9 Å². The molecule has 2 atom stereocenters. The van der Waals surface area contributed by atoms with Crippen LogP contribution in [0.4, 0.5) is 8.78 Å². The van der Waals surface area contributed by atoms with Gasteiger partial charge in [0.25, 0.3) is 11.8 Å². The average molecular weight is 708 g/mol. The van der Waals surface area contributed by atoms with Crippen LogP contribution in [-0.2, 0) is 27.5 Å². The molecule has 2 aromatic carbocycles. The lowest BCUT2D eigenvalue weighted by molar-refractivity contribution is -0.142. The summed E-state index contributed by atoms with van der Waals surface area (Å²) >= 11 is 6.15. The minimum atomic E-state index is -2.96. The number of amides is 4. The molecule has 0 saturated carbocycles. The van der Waals surface area contributed by atoms with Crippen LogP contribution in [0.15, 0.2) is 48.0 Å². The van der Waals surface area contributed by atoms with Crippen LogP contribution in [0.3, 0.4) is 0 Å². The third-order valence-corrected chi connectivity index (χ3v) is 11.5. The SMILES string of the molecule is CC1(C)CCC(C(=O)N2CCN(C3CCN(Cc4cccc5c4CN(C4CCC(=O)NC4=O)C5=O)CC3(F)F)CC2)=C(c2ccc(Cl)cc2)C1. The zero-order chi connectivity index (χ0) is 35.4. The lowest BCUT2D eigenvalue weighted by Crippen LogP contribution is -2.62. The molecule has 3 fully saturated rings. The number of carbonyl (C=O) groups is 4. The number of imide groups is 1. The Morgan fingerprint density at radius 3 is 2.40 bits per heavy atom. The summed E-state index contributed by atoms with van der Waals surface area (Å²) in [5.41, 5.74) is 5.00. The molecule has 12 heteroatoms. The van der Waals surface area contributed by atoms with E-state index in [1.165, 1.54) is 4.90 Å². The summed E-state index contributed by atoms with van der Waals surface area (Å²) < 4.78 is 31.8. The molecule has 0 bridgehead atoms. The molecule has 5 aliphatic rings. The van der Waals surface area contributed by atoms with Crippen LogP contribution in [-0.4, -0.2) is 101 Å². The molecule has 4 heterocycles. The summed E-state index contributed by atoms with van der Waals surface area (Å²) in [6, 6.07) is 11.3. The Kier molecular flexibility index (Phi) is 9.36. The van der Waals surface area contributed by atoms with Gasteiger partial charge in [0.1, 0.15) is 6.04 Å². The second-order valence-corrected chi connectivity index (χ2v) is 15.7. The summed E-state index contributed by atoms with van der Waals surface area (Å²) in [4.78, 5) is 58.2. The van der Waals surface area contributed by atoms with Gasteiger partial charge in [0.15, 0.2) is 0 Å². The van der Waals surface area contributed by atoms with Gasteiger partial charge in [-0.1, -0.05) is 49.7 Å². The molecule has 4 amide bonds. The van der Waals surface area contributed by atoms with E-state index in [0.29, 0.717) is 49.7 Å². The second kappa shape index (κ2) is 13.5. The standard InChI is InChI=1S/C38H44ClF2N5O4/c1-37(2)14-12-28(29(20-37)24-6-8-26(39)9-7-24)35(49)45-18-16-44(17-19-45)32-13-15-43(23-38(32,40)41)21-25-4-3-5-27-30(25)22-46(36(27)50)31-10-11-33(47)42-34(31)48/h3-9,31-32H,10-23H2,1-2H3,(H,42,47,48). The van der Waals surface area contributed by atoms with Gasteiger partial charge in [-0.05, 0) is 78.0 Å². The minimum absolute atomic E-state index is 0.0109. The van der Waals surface area contributed by atoms with Gasteiger partial charge in [-0.3, -0.25) is 34.3 Å². The van der Waals surface area contributed by atoms with Crippen molar-refractivity contribution in [2.75, 3.05) is 39.3 Å². The maximum absolute atomic E-state index is 15.9. The fourth-order valence-electron chi connectivity index (χ4n) is 8.50. The van der Waals surface area contributed by atoms with Gasteiger partial charge < -0.3 is 9.80 Å². The minimum Gasteiger partial charge on any atom is -0.336 e. The summed E-state index contributed by atoms with van der Waals surface area (Å²) in [6.07, 6.45) is 3.12. The van der Waals surface area contributed by atoms with E-state index >= 15 is 8.78 Å². The van der Waals surface area contributed by atoms with Crippen LogP contribution < -0.4 is 5.32 Å². The zero-order valence-electron chi connectivity index (χ0n) is 28.7. The number of allylic oxidation sites excluding steroid dienone is 1. The van der Waals surface area contributed by atoms with E-state index in [4.69, 9.17) is 11.6 Å². The van der Waals surface area contributed by atoms with E-state index in [9.17, 15) is 19.2 Å². The van der Waals surface area contributed by atoms with Crippen molar-refractivity contribution < 1.29 is 28.0 Å². The molecular formula is C38H44ClF2N5O4. The van der Waals surface area contributed by atoms with Gasteiger partial charge in [-0.25, -0.2) is 8.78 Å². The first kappa shape index (κ1) is 34.8. The molecule has 0 spiro atoms. The van der Waals surface area contributed by atoms with Crippen LogP contribution in [0.1, 0.15) is 79.4 Å². The maximum Gasteiger partial charge on any atom is 0.275 e. The number of nitrogens with one attached hydrogen (secondary N) is 1. The van der Waals surface area contributed by atoms with Gasteiger partial charge in [-0.2, -0.15) is 0 Å². The number of benzene rings is 2. The largest absolute Gasteiger partial charge is 0.336 e. The van der Waals surface area contributed by atoms with Gasteiger partial charge >= 0.3 is 0 Å². The highest BCUT2D eigenvalue weighted by Crippen LogP contribution is 2.44. The van der Waals surface area contributed by atoms with E-state index in [0.717, 1.165) is 40.7 Å². The Hall–Kier alpha value is -3.67. The van der Waals surface area contributed by atoms with E-state index in [1.807, 2.05) is 40.1 Å². The Bertz CT molecular complexity index is 1740. The fraction of sp³-hybridized carbons (Fsp3) is 0.526. The highest BCUT2D eigenvalue weighted by Gasteiger charge is 2.48. The van der Waals surface area contributed by atoms with E-state index in [-0.39, 0.29) is 55.5 Å². The van der Waals surface area contributed by atoms with Gasteiger partial charge in [0.05, 0.1) is 12.6 Å². The number of piperazine rings is 1. The first-order chi connectivity index (χ1) is 23.8. The van der Waals surface area contributed by atoms with Gasteiger partial charge in [0.2, 0.25) is 17.7 Å². The molecule has 4 aliphatic heterocycles. The third kappa shape index (κ3) is 6.84. The summed E-state index contributed by atoms with van der Waals surface area (Å²) in [7, 11) is 0. The molecule has 0 aromatic heterocycles. The maximum atomic E-state index is 15.9. The number of likely N-dealkylation sites (tertiary alicyclic amines) is 1. The summed E-state index contributed by atoms with van der Waals surface area (Å²) in [6.45, 7) is 6.59. The van der Waals surface area contributed by atoms with Crippen molar-refractivity contribution in [1.29, 1.82) is 0 Å². The monoisotopic (exact) mass is 707 g/mol. The second-order valence-electron chi connectivity index (χ2n) is 15.3. The van der Waals surface area contributed by atoms with Crippen LogP contribution in [0, 0.1) is 5.41 Å². The summed E-state index contributed by atoms with van der Waals surface area (Å²) in [5.74, 6) is -4.05. The van der Waals surface area contributed by atoms with Crippen molar-refractivity contribution >= 4 is 40.8 Å². The number of fused-ring (bicyclic) bond motifs is 1. The normalized spacial score (nSPS) is 25.9. The molecule has 50 heavy (non-hydrogen) atoms. The number of halogens is 3. The zero-order valence-corrected chi connectivity index (χ0v) is 29.4. The number of nitrogens with zero attached hydrogens (tertiary/aromatic N) is 4. The van der Waals surface area contributed by atoms with Crippen molar-refractivity contribution in [2.45, 2.75) is 83.5 Å². The molecule has 3 saturated heterocycles. The highest BCUT2D eigenvalue weighted by molar-refractivity contribution is 6.30. The predicted molar refractivity (Wildman–Crippen MR) is 185 cm³/mol. The topological polar surface area (TPSA) is 93.3 Å². The number of alkyl halides is 2. The Morgan fingerprint density at radius 1 is 0.960 bits per heavy atom. The number of carbonyl (C=O) groups excluding carboxylic acids is 4. The molecule has 2 unspecified atom stereocenters. The lowest BCUT2D eigenvalue weighted by Gasteiger charge is -2.46. The Labute approximate surface area is 296 Å². The van der Waals surface area contributed by atoms with Crippen molar-refractivity contribution in [3.8, 4) is 0 Å². The predicted octanol–water partition coefficient (Wildman–Crippen LogP) is 5.12. The van der Waals surface area contributed by atoms with Crippen LogP contribution in [0.25, 0.3) is 5.57 Å². The van der Waals surface area contributed by atoms with E-state index in [1.54, 1.807) is 17.0 Å². The van der Waals surface area contributed by atoms with Crippen LogP contribution in [0.5, 0.6) is 0 Å². The highest BCUT2D eigenvalue weighted by atomic mass is 35.5. The molecule has 1 N–H and O–H groups in total. The number of piperidine rings is 2. The van der Waals surface area contributed by atoms with Crippen molar-refractivity contribution in [3.05, 3.63) is 75.3 Å². The number of hydrogen-bond donors (Lipinski definition) is 1. The molecule has 9 nitrogen and oxygen atoms in total. The lowest BCUT2D eigenvalue weighted by atomic mass is 9.72. The molecule has 266 valence electrons. The first-order valence-corrected chi connectivity index (χ1v) is 18.0. The summed E-state index contributed by atoms with van der Waals surface area (Å²) in [5, 5.41) is 2.96. The average Bonchev–Trinajstić information content (AvgIpc) is 3.41. The third-order valence-electron chi connectivity index (χ3n) is 11.3. The molecule has 1 aliphatic carbocycles. The van der Waals surface area contributed by atoms with Crippen LogP contribution in [0.2, 0.25) is 5.02 Å². The first-order valence-electron chi connectivity index (χ1n) is 17.7. The molecule has 2 aromatic rings. The smallest absolute Gasteiger partial charge is 0.275 e. The molecular weight excluding hydrogens is 664 g/mol. The fourth-order valence-corrected chi connectivity index (χ4v) is 8.63. The van der Waals surface area contributed by atoms with Gasteiger partial charge in [-0.15, -0.1) is 0 Å². The van der Waals surface area contributed by atoms with Crippen LogP contribution >= 0.6 is 11.6 Å². The van der Waals surface area contributed by atoms with E-state index in [2.05, 4.69) is 19.2 Å². The van der Waals surface area contributed by atoms with Crippen molar-refractivity contribution in [3.63, 3.8) is 0 Å². The Morgan fingerprint density at radius 2 is 1.70 bits per heavy atom. The van der Waals surface area contributed by atoms with Crippen molar-refractivity contribution in [2.24, 2.45) is 5.41 Å². The molecule has 0 radical (unpaired) electrons. The molecule has 7 rings (SSSR count).